The van der Waals surface area contributed by atoms with Crippen molar-refractivity contribution in [1.82, 2.24) is 19.5 Å². The minimum Gasteiger partial charge on any atom is -0.378 e. The topological polar surface area (TPSA) is 83.3 Å². The van der Waals surface area contributed by atoms with Crippen molar-refractivity contribution in [3.05, 3.63) is 51.4 Å². The van der Waals surface area contributed by atoms with Crippen molar-refractivity contribution in [3.8, 4) is 0 Å². The van der Waals surface area contributed by atoms with Gasteiger partial charge in [0.25, 0.3) is 11.5 Å². The summed E-state index contributed by atoms with van der Waals surface area (Å²) < 4.78 is 6.64. The average Bonchev–Trinajstić information content (AvgIpc) is 3.27. The van der Waals surface area contributed by atoms with Crippen LogP contribution >= 0.6 is 11.3 Å². The average molecular weight is 455 g/mol. The van der Waals surface area contributed by atoms with Gasteiger partial charge < -0.3 is 19.4 Å². The molecule has 10 heteroatoms. The van der Waals surface area contributed by atoms with Gasteiger partial charge >= 0.3 is 0 Å². The Morgan fingerprint density at radius 2 is 1.78 bits per heavy atom. The van der Waals surface area contributed by atoms with E-state index in [0.717, 1.165) is 31.3 Å². The van der Waals surface area contributed by atoms with Crippen molar-refractivity contribution in [2.75, 3.05) is 62.3 Å². The zero-order valence-corrected chi connectivity index (χ0v) is 19.1. The summed E-state index contributed by atoms with van der Waals surface area (Å²) >= 11 is 1.35. The molecule has 2 saturated heterocycles. The highest BCUT2D eigenvalue weighted by molar-refractivity contribution is 7.20. The predicted octanol–water partition coefficient (Wildman–Crippen LogP) is 1.57. The number of anilines is 2. The maximum absolute atomic E-state index is 13.1. The Kier molecular flexibility index (Phi) is 5.56. The molecule has 4 heterocycles. The molecule has 0 radical (unpaired) electrons. The maximum Gasteiger partial charge on any atom is 0.288 e. The Hall–Kier alpha value is -2.98. The third-order valence-electron chi connectivity index (χ3n) is 6.06. The number of piperazine rings is 1. The molecule has 0 saturated carbocycles. The van der Waals surface area contributed by atoms with Gasteiger partial charge in [-0.3, -0.25) is 9.59 Å². The monoisotopic (exact) mass is 454 g/mol. The first-order chi connectivity index (χ1) is 15.5. The van der Waals surface area contributed by atoms with Crippen LogP contribution in [0, 0.1) is 13.8 Å². The van der Waals surface area contributed by atoms with E-state index in [4.69, 9.17) is 4.74 Å². The molecule has 5 rings (SSSR count). The third kappa shape index (κ3) is 3.84. The van der Waals surface area contributed by atoms with E-state index in [1.807, 2.05) is 0 Å². The fourth-order valence-electron chi connectivity index (χ4n) is 4.19. The number of carbonyl (C=O) groups is 1. The van der Waals surface area contributed by atoms with Crippen LogP contribution in [0.4, 0.5) is 10.8 Å². The number of rotatable bonds is 3. The van der Waals surface area contributed by atoms with E-state index in [1.54, 1.807) is 4.90 Å². The van der Waals surface area contributed by atoms with Crippen LogP contribution in [0.3, 0.4) is 0 Å². The summed E-state index contributed by atoms with van der Waals surface area (Å²) in [5, 5.41) is 5.17. The van der Waals surface area contributed by atoms with E-state index in [1.165, 1.54) is 38.9 Å². The van der Waals surface area contributed by atoms with Crippen molar-refractivity contribution in [1.29, 1.82) is 0 Å². The molecule has 0 unspecified atom stereocenters. The summed E-state index contributed by atoms with van der Waals surface area (Å²) in [5.41, 5.74) is 3.31. The van der Waals surface area contributed by atoms with Gasteiger partial charge in [-0.15, -0.1) is 5.10 Å². The van der Waals surface area contributed by atoms with Gasteiger partial charge in [-0.05, 0) is 31.0 Å². The quantitative estimate of drug-likeness (QED) is 0.594. The summed E-state index contributed by atoms with van der Waals surface area (Å²) in [6.07, 6.45) is 1.40. The highest BCUT2D eigenvalue weighted by Crippen LogP contribution is 2.24. The lowest BCUT2D eigenvalue weighted by Crippen LogP contribution is -2.50. The second-order valence-electron chi connectivity index (χ2n) is 8.22. The van der Waals surface area contributed by atoms with Crippen LogP contribution in [0.2, 0.25) is 0 Å². The molecule has 2 fully saturated rings. The normalized spacial score (nSPS) is 17.2. The summed E-state index contributed by atoms with van der Waals surface area (Å²) in [5.74, 6) is -0.279. The number of aromatic nitrogens is 3. The number of hydrogen-bond donors (Lipinski definition) is 0. The molecular weight excluding hydrogens is 428 g/mol. The summed E-state index contributed by atoms with van der Waals surface area (Å²) in [6, 6.07) is 6.42. The van der Waals surface area contributed by atoms with E-state index in [0.29, 0.717) is 31.3 Å². The van der Waals surface area contributed by atoms with Crippen molar-refractivity contribution in [2.24, 2.45) is 0 Å². The van der Waals surface area contributed by atoms with Crippen molar-refractivity contribution in [3.63, 3.8) is 0 Å². The standard InChI is InChI=1S/C22H26N6O3S/c1-15-3-4-16(2)18(13-15)25-5-7-26(8-6-25)19(29)17-14-23-21-28(20(17)30)24-22(32-21)27-9-11-31-12-10-27/h3-4,13-14H,5-12H2,1-2H3. The second kappa shape index (κ2) is 8.51. The lowest BCUT2D eigenvalue weighted by Gasteiger charge is -2.36. The number of morpholine rings is 1. The number of aryl methyl sites for hydroxylation is 2. The fraction of sp³-hybridized carbons (Fsp3) is 0.455. The van der Waals surface area contributed by atoms with Gasteiger partial charge in [-0.25, -0.2) is 4.98 Å². The highest BCUT2D eigenvalue weighted by atomic mass is 32.1. The van der Waals surface area contributed by atoms with Crippen LogP contribution in [0.15, 0.2) is 29.2 Å². The number of benzene rings is 1. The lowest BCUT2D eigenvalue weighted by molar-refractivity contribution is 0.0744. The fourth-order valence-corrected chi connectivity index (χ4v) is 5.10. The van der Waals surface area contributed by atoms with Gasteiger partial charge in [-0.1, -0.05) is 23.5 Å². The molecule has 2 aromatic heterocycles. The van der Waals surface area contributed by atoms with E-state index < -0.39 is 5.56 Å². The number of nitrogens with zero attached hydrogens (tertiary/aromatic N) is 6. The zero-order chi connectivity index (χ0) is 22.2. The molecule has 3 aromatic rings. The largest absolute Gasteiger partial charge is 0.378 e. The van der Waals surface area contributed by atoms with Crippen LogP contribution in [0.25, 0.3) is 4.96 Å². The van der Waals surface area contributed by atoms with E-state index in [9.17, 15) is 9.59 Å². The maximum atomic E-state index is 13.1. The summed E-state index contributed by atoms with van der Waals surface area (Å²) in [6.45, 7) is 9.49. The Labute approximate surface area is 189 Å². The number of ether oxygens (including phenoxy) is 1. The second-order valence-corrected chi connectivity index (χ2v) is 9.16. The van der Waals surface area contributed by atoms with Crippen LogP contribution in [-0.4, -0.2) is 77.9 Å². The van der Waals surface area contributed by atoms with Gasteiger partial charge in [-0.2, -0.15) is 4.52 Å². The number of carbonyl (C=O) groups excluding carboxylic acids is 1. The summed E-state index contributed by atoms with van der Waals surface area (Å²) in [4.78, 5) is 37.2. The molecule has 1 aromatic carbocycles. The first-order valence-corrected chi connectivity index (χ1v) is 11.7. The number of amides is 1. The van der Waals surface area contributed by atoms with E-state index in [2.05, 4.69) is 51.9 Å². The molecule has 2 aliphatic rings. The van der Waals surface area contributed by atoms with Crippen molar-refractivity contribution < 1.29 is 9.53 Å². The predicted molar refractivity (Wildman–Crippen MR) is 124 cm³/mol. The van der Waals surface area contributed by atoms with Crippen molar-refractivity contribution in [2.45, 2.75) is 13.8 Å². The van der Waals surface area contributed by atoms with Crippen LogP contribution < -0.4 is 15.4 Å². The Morgan fingerprint density at radius 1 is 1.03 bits per heavy atom. The van der Waals surface area contributed by atoms with Crippen LogP contribution in [0.1, 0.15) is 21.5 Å². The molecular formula is C22H26N6O3S. The first-order valence-electron chi connectivity index (χ1n) is 10.8. The smallest absolute Gasteiger partial charge is 0.288 e. The Morgan fingerprint density at radius 3 is 2.53 bits per heavy atom. The van der Waals surface area contributed by atoms with E-state index in [-0.39, 0.29) is 11.5 Å². The van der Waals surface area contributed by atoms with Gasteiger partial charge in [0.05, 0.1) is 13.2 Å². The molecule has 32 heavy (non-hydrogen) atoms. The molecule has 2 aliphatic heterocycles. The SMILES string of the molecule is Cc1ccc(C)c(N2CCN(C(=O)c3cnc4sc(N5CCOCC5)nn4c3=O)CC2)c1. The molecule has 9 nitrogen and oxygen atoms in total. The Balaban J connectivity index is 1.33. The summed E-state index contributed by atoms with van der Waals surface area (Å²) in [7, 11) is 0. The zero-order valence-electron chi connectivity index (χ0n) is 18.3. The van der Waals surface area contributed by atoms with E-state index >= 15 is 0 Å². The number of fused-ring (bicyclic) bond motifs is 1. The van der Waals surface area contributed by atoms with Crippen LogP contribution in [-0.2, 0) is 4.74 Å². The lowest BCUT2D eigenvalue weighted by atomic mass is 10.1. The van der Waals surface area contributed by atoms with Gasteiger partial charge in [0.15, 0.2) is 0 Å². The highest BCUT2D eigenvalue weighted by Gasteiger charge is 2.26. The van der Waals surface area contributed by atoms with Gasteiger partial charge in [0.2, 0.25) is 10.1 Å². The van der Waals surface area contributed by atoms with Gasteiger partial charge in [0.1, 0.15) is 5.56 Å². The molecule has 0 spiro atoms. The third-order valence-corrected chi connectivity index (χ3v) is 7.04. The van der Waals surface area contributed by atoms with Crippen LogP contribution in [0.5, 0.6) is 0 Å². The molecule has 0 atom stereocenters. The molecule has 0 bridgehead atoms. The first kappa shape index (κ1) is 20.9. The Bertz CT molecular complexity index is 1210. The molecule has 168 valence electrons. The molecule has 0 aliphatic carbocycles. The molecule has 0 N–H and O–H groups in total. The van der Waals surface area contributed by atoms with Gasteiger partial charge in [0, 0.05) is 51.2 Å². The molecule has 1 amide bonds. The van der Waals surface area contributed by atoms with Crippen molar-refractivity contribution >= 4 is 33.0 Å². The number of hydrogen-bond acceptors (Lipinski definition) is 8. The minimum absolute atomic E-state index is 0.0708. The minimum atomic E-state index is -0.410.